The van der Waals surface area contributed by atoms with E-state index in [0.29, 0.717) is 6.04 Å². The summed E-state index contributed by atoms with van der Waals surface area (Å²) in [6.45, 7) is 0.773. The lowest BCUT2D eigenvalue weighted by atomic mass is 9.94. The van der Waals surface area contributed by atoms with Gasteiger partial charge >= 0.3 is 6.09 Å². The Morgan fingerprint density at radius 2 is 2.07 bits per heavy atom. The first-order chi connectivity index (χ1) is 6.81. The van der Waals surface area contributed by atoms with E-state index >= 15 is 0 Å². The topological polar surface area (TPSA) is 29.5 Å². The minimum atomic E-state index is -0.110. The predicted octanol–water partition coefficient (Wildman–Crippen LogP) is 2.53. The van der Waals surface area contributed by atoms with Gasteiger partial charge in [0.05, 0.1) is 6.54 Å². The Morgan fingerprint density at radius 3 is 2.64 bits per heavy atom. The van der Waals surface area contributed by atoms with E-state index in [9.17, 15) is 4.79 Å². The first-order valence-corrected chi connectivity index (χ1v) is 6.46. The molecule has 1 aliphatic heterocycles. The van der Waals surface area contributed by atoms with Crippen molar-refractivity contribution < 1.29 is 9.53 Å². The highest BCUT2D eigenvalue weighted by Gasteiger charge is 2.35. The van der Waals surface area contributed by atoms with Gasteiger partial charge in [-0.25, -0.2) is 4.79 Å². The van der Waals surface area contributed by atoms with Gasteiger partial charge in [-0.05, 0) is 12.8 Å². The molecular formula is C10H16BrNO2. The maximum Gasteiger partial charge on any atom is 0.410 e. The number of carbonyl (C=O) groups excluding carboxylic acids is 1. The molecule has 1 saturated heterocycles. The Bertz CT molecular complexity index is 216. The van der Waals surface area contributed by atoms with E-state index in [2.05, 4.69) is 15.9 Å². The zero-order valence-electron chi connectivity index (χ0n) is 8.25. The second-order valence-electron chi connectivity index (χ2n) is 4.10. The Hall–Kier alpha value is -0.250. The monoisotopic (exact) mass is 261 g/mol. The molecule has 0 N–H and O–H groups in total. The third-order valence-corrected chi connectivity index (χ3v) is 3.81. The zero-order valence-corrected chi connectivity index (χ0v) is 9.83. The number of rotatable bonds is 2. The van der Waals surface area contributed by atoms with Crippen molar-refractivity contribution in [2.45, 2.75) is 44.2 Å². The smallest absolute Gasteiger partial charge is 0.410 e. The Balaban J connectivity index is 1.93. The summed E-state index contributed by atoms with van der Waals surface area (Å²) in [4.78, 5) is 13.4. The summed E-state index contributed by atoms with van der Waals surface area (Å²) in [5.41, 5.74) is 0. The summed E-state index contributed by atoms with van der Waals surface area (Å²) in [5.74, 6) is 0. The second kappa shape index (κ2) is 4.51. The number of nitrogens with zero attached hydrogens (tertiary/aromatic N) is 1. The number of carbonyl (C=O) groups is 1. The van der Waals surface area contributed by atoms with Crippen LogP contribution in [0, 0.1) is 0 Å². The van der Waals surface area contributed by atoms with Crippen LogP contribution in [-0.2, 0) is 4.74 Å². The van der Waals surface area contributed by atoms with Crippen molar-refractivity contribution in [1.82, 2.24) is 4.90 Å². The normalized spacial score (nSPS) is 29.4. The highest BCUT2D eigenvalue weighted by molar-refractivity contribution is 9.09. The lowest BCUT2D eigenvalue weighted by Crippen LogP contribution is -2.37. The molecule has 80 valence electrons. The molecule has 3 nitrogen and oxygen atoms in total. The van der Waals surface area contributed by atoms with Crippen molar-refractivity contribution >= 4 is 22.0 Å². The van der Waals surface area contributed by atoms with Gasteiger partial charge < -0.3 is 9.64 Å². The summed E-state index contributed by atoms with van der Waals surface area (Å²) >= 11 is 3.35. The molecule has 4 heteroatoms. The van der Waals surface area contributed by atoms with Crippen molar-refractivity contribution in [3.63, 3.8) is 0 Å². The molecular weight excluding hydrogens is 246 g/mol. The second-order valence-corrected chi connectivity index (χ2v) is 4.75. The van der Waals surface area contributed by atoms with Crippen LogP contribution in [0.5, 0.6) is 0 Å². The Kier molecular flexibility index (Phi) is 3.31. The molecule has 2 fully saturated rings. The average molecular weight is 262 g/mol. The third kappa shape index (κ3) is 2.05. The van der Waals surface area contributed by atoms with Crippen LogP contribution in [-0.4, -0.2) is 35.0 Å². The van der Waals surface area contributed by atoms with E-state index in [4.69, 9.17) is 4.74 Å². The van der Waals surface area contributed by atoms with Crippen LogP contribution in [0.2, 0.25) is 0 Å². The van der Waals surface area contributed by atoms with Crippen LogP contribution in [0.1, 0.15) is 32.1 Å². The van der Waals surface area contributed by atoms with E-state index in [0.717, 1.165) is 24.7 Å². The van der Waals surface area contributed by atoms with Crippen LogP contribution < -0.4 is 0 Å². The van der Waals surface area contributed by atoms with Crippen molar-refractivity contribution in [1.29, 1.82) is 0 Å². The van der Waals surface area contributed by atoms with Gasteiger partial charge in [0.2, 0.25) is 0 Å². The van der Waals surface area contributed by atoms with E-state index in [1.54, 1.807) is 0 Å². The largest absolute Gasteiger partial charge is 0.443 e. The summed E-state index contributed by atoms with van der Waals surface area (Å²) in [5, 5.41) is 0.752. The molecule has 0 unspecified atom stereocenters. The van der Waals surface area contributed by atoms with Crippen LogP contribution in [0.4, 0.5) is 4.79 Å². The van der Waals surface area contributed by atoms with Crippen LogP contribution in [0.3, 0.4) is 0 Å². The molecule has 2 aliphatic rings. The van der Waals surface area contributed by atoms with Crippen LogP contribution >= 0.6 is 15.9 Å². The van der Waals surface area contributed by atoms with Crippen molar-refractivity contribution in [2.24, 2.45) is 0 Å². The first-order valence-electron chi connectivity index (χ1n) is 5.34. The van der Waals surface area contributed by atoms with Gasteiger partial charge in [0.25, 0.3) is 0 Å². The van der Waals surface area contributed by atoms with Gasteiger partial charge in [0.15, 0.2) is 0 Å². The zero-order chi connectivity index (χ0) is 9.97. The molecule has 1 aliphatic carbocycles. The van der Waals surface area contributed by atoms with Gasteiger partial charge in [0, 0.05) is 11.4 Å². The summed E-state index contributed by atoms with van der Waals surface area (Å²) in [6, 6.07) is 0.445. The fourth-order valence-corrected chi connectivity index (χ4v) is 2.65. The number of halogens is 1. The standard InChI is InChI=1S/C10H16BrNO2/c11-6-9-7-12(10(13)14-9)8-4-2-1-3-5-8/h8-9H,1-7H2/t9-/m0/s1. The highest BCUT2D eigenvalue weighted by atomic mass is 79.9. The molecule has 2 rings (SSSR count). The molecule has 1 amide bonds. The molecule has 1 saturated carbocycles. The minimum Gasteiger partial charge on any atom is -0.443 e. The van der Waals surface area contributed by atoms with Gasteiger partial charge in [-0.3, -0.25) is 0 Å². The quantitative estimate of drug-likeness (QED) is 0.716. The number of hydrogen-bond acceptors (Lipinski definition) is 2. The molecule has 1 heterocycles. The summed E-state index contributed by atoms with van der Waals surface area (Å²) in [7, 11) is 0. The number of hydrogen-bond donors (Lipinski definition) is 0. The van der Waals surface area contributed by atoms with Crippen LogP contribution in [0.25, 0.3) is 0 Å². The molecule has 1 atom stereocenters. The number of amides is 1. The minimum absolute atomic E-state index is 0.0597. The molecule has 0 spiro atoms. The SMILES string of the molecule is O=C1O[C@@H](CBr)CN1C1CCCCC1. The maximum absolute atomic E-state index is 11.5. The Labute approximate surface area is 92.9 Å². The van der Waals surface area contributed by atoms with Crippen molar-refractivity contribution in [2.75, 3.05) is 11.9 Å². The molecule has 0 radical (unpaired) electrons. The Morgan fingerprint density at radius 1 is 1.36 bits per heavy atom. The molecule has 0 bridgehead atoms. The van der Waals surface area contributed by atoms with Gasteiger partial charge in [0.1, 0.15) is 6.10 Å². The first kappa shape index (κ1) is 10.3. The van der Waals surface area contributed by atoms with Crippen molar-refractivity contribution in [3.8, 4) is 0 Å². The molecule has 0 aromatic rings. The molecule has 14 heavy (non-hydrogen) atoms. The highest BCUT2D eigenvalue weighted by Crippen LogP contribution is 2.26. The van der Waals surface area contributed by atoms with Gasteiger partial charge in [-0.15, -0.1) is 0 Å². The maximum atomic E-state index is 11.5. The van der Waals surface area contributed by atoms with E-state index in [-0.39, 0.29) is 12.2 Å². The van der Waals surface area contributed by atoms with Gasteiger partial charge in [-0.2, -0.15) is 0 Å². The molecule has 0 aromatic heterocycles. The fraction of sp³-hybridized carbons (Fsp3) is 0.900. The van der Waals surface area contributed by atoms with Crippen molar-refractivity contribution in [3.05, 3.63) is 0 Å². The number of cyclic esters (lactones) is 1. The fourth-order valence-electron chi connectivity index (χ4n) is 2.31. The number of alkyl halides is 1. The van der Waals surface area contributed by atoms with E-state index < -0.39 is 0 Å². The summed E-state index contributed by atoms with van der Waals surface area (Å²) in [6.07, 6.45) is 6.10. The predicted molar refractivity (Wildman–Crippen MR) is 57.6 cm³/mol. The average Bonchev–Trinajstić information content (AvgIpc) is 2.61. The lowest BCUT2D eigenvalue weighted by molar-refractivity contribution is 0.128. The van der Waals surface area contributed by atoms with Crippen LogP contribution in [0.15, 0.2) is 0 Å². The van der Waals surface area contributed by atoms with Gasteiger partial charge in [-0.1, -0.05) is 35.2 Å². The molecule has 0 aromatic carbocycles. The lowest BCUT2D eigenvalue weighted by Gasteiger charge is -2.28. The summed E-state index contributed by atoms with van der Waals surface area (Å²) < 4.78 is 5.22. The van der Waals surface area contributed by atoms with E-state index in [1.807, 2.05) is 4.90 Å². The number of ether oxygens (including phenoxy) is 1. The van der Waals surface area contributed by atoms with E-state index in [1.165, 1.54) is 19.3 Å². The third-order valence-electron chi connectivity index (χ3n) is 3.09.